The largest absolute Gasteiger partial charge is 0.351 e. The van der Waals surface area contributed by atoms with E-state index in [4.69, 9.17) is 0 Å². The van der Waals surface area contributed by atoms with Crippen molar-refractivity contribution in [1.29, 1.82) is 0 Å². The minimum absolute atomic E-state index is 0.169. The lowest BCUT2D eigenvalue weighted by atomic mass is 10.0. The minimum Gasteiger partial charge on any atom is -0.351 e. The molecule has 9 nitrogen and oxygen atoms in total. The van der Waals surface area contributed by atoms with Crippen LogP contribution in [0.4, 0.5) is 0 Å². The van der Waals surface area contributed by atoms with Gasteiger partial charge < -0.3 is 5.32 Å². The average molecular weight is 555 g/mol. The van der Waals surface area contributed by atoms with Crippen LogP contribution in [0.3, 0.4) is 0 Å². The lowest BCUT2D eigenvalue weighted by molar-refractivity contribution is -0.146. The molecule has 0 spiro atoms. The Morgan fingerprint density at radius 2 is 1.76 bits per heavy atom. The fourth-order valence-electron chi connectivity index (χ4n) is 5.30. The molecule has 2 aliphatic heterocycles. The first-order valence-electron chi connectivity index (χ1n) is 11.6. The molecule has 4 rings (SSSR count). The van der Waals surface area contributed by atoms with Gasteiger partial charge in [-0.15, -0.1) is 0 Å². The van der Waals surface area contributed by atoms with Crippen molar-refractivity contribution in [3.63, 3.8) is 0 Å². The predicted octanol–water partition coefficient (Wildman–Crippen LogP) is 1.59. The highest BCUT2D eigenvalue weighted by atomic mass is 79.9. The normalized spacial score (nSPS) is 31.1. The second-order valence-corrected chi connectivity index (χ2v) is 12.6. The number of fused-ring (bicyclic) bond motifs is 1. The van der Waals surface area contributed by atoms with Crippen molar-refractivity contribution in [3.05, 3.63) is 34.3 Å². The van der Waals surface area contributed by atoms with Crippen LogP contribution in [-0.4, -0.2) is 71.9 Å². The summed E-state index contributed by atoms with van der Waals surface area (Å²) in [6.45, 7) is 5.84. The predicted molar refractivity (Wildman–Crippen MR) is 129 cm³/mol. The van der Waals surface area contributed by atoms with Crippen LogP contribution in [0.5, 0.6) is 0 Å². The topological polar surface area (TPSA) is 107 Å². The molecule has 0 aromatic heterocycles. The molecule has 1 saturated carbocycles. The minimum atomic E-state index is -4.00. The van der Waals surface area contributed by atoms with Gasteiger partial charge in [-0.1, -0.05) is 48.8 Å². The fourth-order valence-corrected chi connectivity index (χ4v) is 7.17. The number of carbonyl (C=O) groups excluding carboxylic acids is 3. The number of halogens is 1. The number of amides is 3. The highest BCUT2D eigenvalue weighted by Gasteiger charge is 2.60. The summed E-state index contributed by atoms with van der Waals surface area (Å²) in [5.74, 6) is -1.22. The van der Waals surface area contributed by atoms with Crippen LogP contribution < -0.4 is 5.32 Å². The van der Waals surface area contributed by atoms with Crippen LogP contribution in [0.2, 0.25) is 0 Å². The third kappa shape index (κ3) is 4.43. The first-order chi connectivity index (χ1) is 15.9. The summed E-state index contributed by atoms with van der Waals surface area (Å²) < 4.78 is 30.0. The third-order valence-corrected chi connectivity index (χ3v) is 10.1. The van der Waals surface area contributed by atoms with Crippen LogP contribution >= 0.6 is 15.9 Å². The molecule has 186 valence electrons. The van der Waals surface area contributed by atoms with E-state index in [1.54, 1.807) is 6.92 Å². The Morgan fingerprint density at radius 1 is 1.15 bits per heavy atom. The number of likely N-dealkylation sites (tertiary alicyclic amines) is 1. The van der Waals surface area contributed by atoms with Crippen molar-refractivity contribution in [2.75, 3.05) is 20.1 Å². The summed E-state index contributed by atoms with van der Waals surface area (Å²) in [6.07, 6.45) is 0.408. The Kier molecular flexibility index (Phi) is 6.93. The molecule has 1 aromatic rings. The monoisotopic (exact) mass is 554 g/mol. The van der Waals surface area contributed by atoms with E-state index in [9.17, 15) is 22.8 Å². The van der Waals surface area contributed by atoms with Crippen LogP contribution in [0.1, 0.15) is 32.8 Å². The van der Waals surface area contributed by atoms with E-state index in [1.165, 1.54) is 16.3 Å². The van der Waals surface area contributed by atoms with E-state index in [0.29, 0.717) is 6.42 Å². The molecule has 2 heterocycles. The van der Waals surface area contributed by atoms with Crippen LogP contribution in [-0.2, 0) is 31.1 Å². The van der Waals surface area contributed by atoms with Gasteiger partial charge in [-0.05, 0) is 36.0 Å². The van der Waals surface area contributed by atoms with Gasteiger partial charge in [0.2, 0.25) is 17.7 Å². The zero-order chi connectivity index (χ0) is 24.9. The zero-order valence-electron chi connectivity index (χ0n) is 19.8. The highest BCUT2D eigenvalue weighted by Crippen LogP contribution is 2.49. The van der Waals surface area contributed by atoms with Gasteiger partial charge in [0, 0.05) is 30.5 Å². The molecule has 1 aliphatic carbocycles. The first kappa shape index (κ1) is 25.3. The standard InChI is InChI=1S/C23H31BrN4O5S/c1-13-14(2)20(13)23(31)28-18-9-10-27(21(18)15(3)22(28)30)34(32,33)26(4)12-19(29)25-11-16-5-7-17(24)8-6-16/h5-8,13-15,18,20-21H,9-12H2,1-4H3,(H,25,29)/t13-,14+,15-,18-,20?,21+/m0/s1. The van der Waals surface area contributed by atoms with Gasteiger partial charge in [0.1, 0.15) is 0 Å². The molecule has 0 bridgehead atoms. The van der Waals surface area contributed by atoms with E-state index < -0.39 is 34.1 Å². The Hall–Kier alpha value is -1.82. The van der Waals surface area contributed by atoms with E-state index in [2.05, 4.69) is 21.2 Å². The first-order valence-corrected chi connectivity index (χ1v) is 13.7. The van der Waals surface area contributed by atoms with Gasteiger partial charge in [0.25, 0.3) is 10.2 Å². The van der Waals surface area contributed by atoms with E-state index in [0.717, 1.165) is 14.3 Å². The third-order valence-electron chi connectivity index (χ3n) is 7.65. The van der Waals surface area contributed by atoms with Gasteiger partial charge >= 0.3 is 0 Å². The Labute approximate surface area is 209 Å². The molecular formula is C23H31BrN4O5S. The molecule has 1 N–H and O–H groups in total. The number of hydrogen-bond acceptors (Lipinski definition) is 5. The van der Waals surface area contributed by atoms with Crippen molar-refractivity contribution < 1.29 is 22.8 Å². The van der Waals surface area contributed by atoms with Crippen molar-refractivity contribution in [2.24, 2.45) is 23.7 Å². The number of imide groups is 1. The van der Waals surface area contributed by atoms with Gasteiger partial charge in [-0.25, -0.2) is 0 Å². The molecule has 0 radical (unpaired) electrons. The second-order valence-electron chi connectivity index (χ2n) is 9.70. The molecular weight excluding hydrogens is 524 g/mol. The summed E-state index contributed by atoms with van der Waals surface area (Å²) in [5.41, 5.74) is 0.895. The second kappa shape index (κ2) is 9.33. The van der Waals surface area contributed by atoms with Crippen molar-refractivity contribution in [3.8, 4) is 0 Å². The number of nitrogens with zero attached hydrogens (tertiary/aromatic N) is 3. The summed E-state index contributed by atoms with van der Waals surface area (Å²) in [4.78, 5) is 39.8. The lowest BCUT2D eigenvalue weighted by Gasteiger charge is -2.29. The molecule has 2 saturated heterocycles. The molecule has 6 atom stereocenters. The van der Waals surface area contributed by atoms with Gasteiger partial charge in [-0.2, -0.15) is 17.0 Å². The molecule has 11 heteroatoms. The Bertz CT molecular complexity index is 1090. The van der Waals surface area contributed by atoms with E-state index >= 15 is 0 Å². The van der Waals surface area contributed by atoms with Crippen LogP contribution in [0, 0.1) is 23.7 Å². The number of hydrogen-bond donors (Lipinski definition) is 1. The maximum Gasteiger partial charge on any atom is 0.282 e. The van der Waals surface area contributed by atoms with Crippen molar-refractivity contribution in [1.82, 2.24) is 18.8 Å². The van der Waals surface area contributed by atoms with Gasteiger partial charge in [0.15, 0.2) is 0 Å². The van der Waals surface area contributed by atoms with E-state index in [-0.39, 0.29) is 49.2 Å². The fraction of sp³-hybridized carbons (Fsp3) is 0.609. The Balaban J connectivity index is 1.41. The number of benzene rings is 1. The molecule has 3 aliphatic rings. The summed E-state index contributed by atoms with van der Waals surface area (Å²) >= 11 is 3.36. The highest BCUT2D eigenvalue weighted by molar-refractivity contribution is 9.10. The molecule has 3 fully saturated rings. The molecule has 1 aromatic carbocycles. The van der Waals surface area contributed by atoms with Gasteiger partial charge in [-0.3, -0.25) is 19.3 Å². The summed E-state index contributed by atoms with van der Waals surface area (Å²) in [6, 6.07) is 6.39. The Morgan fingerprint density at radius 3 is 2.35 bits per heavy atom. The number of likely N-dealkylation sites (N-methyl/N-ethyl adjacent to an activating group) is 1. The molecule has 34 heavy (non-hydrogen) atoms. The summed E-state index contributed by atoms with van der Waals surface area (Å²) in [5, 5.41) is 2.74. The van der Waals surface area contributed by atoms with Gasteiger partial charge in [0.05, 0.1) is 24.5 Å². The lowest BCUT2D eigenvalue weighted by Crippen LogP contribution is -2.50. The number of nitrogens with one attached hydrogen (secondary N) is 1. The zero-order valence-corrected chi connectivity index (χ0v) is 22.2. The molecule has 1 unspecified atom stereocenters. The van der Waals surface area contributed by atoms with Crippen molar-refractivity contribution >= 4 is 43.9 Å². The maximum absolute atomic E-state index is 13.4. The average Bonchev–Trinajstić information content (AvgIpc) is 3.10. The number of carbonyl (C=O) groups is 3. The smallest absolute Gasteiger partial charge is 0.282 e. The van der Waals surface area contributed by atoms with Crippen LogP contribution in [0.25, 0.3) is 0 Å². The SMILES string of the molecule is C[C@@H]1C(=O)N(C(=O)C2[C@@H](C)[C@H]2C)[C@H]2CCN(S(=O)(=O)N(C)CC(=O)NCc3ccc(Br)cc3)[C@H]12. The quantitative estimate of drug-likeness (QED) is 0.515. The van der Waals surface area contributed by atoms with Crippen molar-refractivity contribution in [2.45, 2.75) is 45.8 Å². The molecule has 3 amide bonds. The number of rotatable bonds is 7. The van der Waals surface area contributed by atoms with Crippen LogP contribution in [0.15, 0.2) is 28.7 Å². The maximum atomic E-state index is 13.4. The summed E-state index contributed by atoms with van der Waals surface area (Å²) in [7, 11) is -2.64. The van der Waals surface area contributed by atoms with E-state index in [1.807, 2.05) is 38.1 Å².